The molecule has 0 saturated heterocycles. The summed E-state index contributed by atoms with van der Waals surface area (Å²) in [6.45, 7) is 1.58. The minimum absolute atomic E-state index is 0.152. The number of benzene rings is 1. The molecule has 0 amide bonds. The highest BCUT2D eigenvalue weighted by Gasteiger charge is 1.92. The third-order valence-corrected chi connectivity index (χ3v) is 3.05. The van der Waals surface area contributed by atoms with Crippen molar-refractivity contribution in [2.24, 2.45) is 0 Å². The van der Waals surface area contributed by atoms with Crippen LogP contribution in [-0.2, 0) is 10.5 Å². The quantitative estimate of drug-likeness (QED) is 0.504. The van der Waals surface area contributed by atoms with Crippen molar-refractivity contribution in [2.75, 3.05) is 5.75 Å². The number of thioether (sulfide) groups is 1. The van der Waals surface area contributed by atoms with E-state index in [2.05, 4.69) is 24.5 Å². The van der Waals surface area contributed by atoms with Crippen LogP contribution in [0.2, 0.25) is 0 Å². The Hall–Kier alpha value is -0.850. The Labute approximate surface area is 106 Å². The fourth-order valence-electron chi connectivity index (χ4n) is 1.16. The summed E-state index contributed by atoms with van der Waals surface area (Å²) in [7, 11) is 0. The Bertz CT molecular complexity index is 415. The van der Waals surface area contributed by atoms with Gasteiger partial charge in [0.15, 0.2) is 5.12 Å². The van der Waals surface area contributed by atoms with E-state index in [0.29, 0.717) is 0 Å². The largest absolute Gasteiger partial charge is 0.288 e. The SMILES string of the molecule is CC(=O)SCCC#Cc1cccc(CS)c1. The van der Waals surface area contributed by atoms with Crippen LogP contribution in [0, 0.1) is 11.8 Å². The molecule has 0 radical (unpaired) electrons. The van der Waals surface area contributed by atoms with Gasteiger partial charge in [-0.2, -0.15) is 12.6 Å². The average Bonchev–Trinajstić information content (AvgIpc) is 2.28. The van der Waals surface area contributed by atoms with Crippen molar-refractivity contribution in [1.82, 2.24) is 0 Å². The van der Waals surface area contributed by atoms with Gasteiger partial charge in [0.2, 0.25) is 0 Å². The molecule has 0 spiro atoms. The summed E-state index contributed by atoms with van der Waals surface area (Å²) in [5.41, 5.74) is 2.19. The van der Waals surface area contributed by atoms with Gasteiger partial charge >= 0.3 is 0 Å². The maximum atomic E-state index is 10.7. The van der Waals surface area contributed by atoms with E-state index in [1.165, 1.54) is 17.3 Å². The lowest BCUT2D eigenvalue weighted by atomic mass is 10.1. The lowest BCUT2D eigenvalue weighted by Crippen LogP contribution is -1.84. The van der Waals surface area contributed by atoms with E-state index >= 15 is 0 Å². The van der Waals surface area contributed by atoms with Gasteiger partial charge in [-0.1, -0.05) is 35.7 Å². The van der Waals surface area contributed by atoms with Gasteiger partial charge in [-0.15, -0.1) is 0 Å². The van der Waals surface area contributed by atoms with Gasteiger partial charge in [0.1, 0.15) is 0 Å². The molecule has 0 aliphatic heterocycles. The van der Waals surface area contributed by atoms with Gasteiger partial charge < -0.3 is 0 Å². The Kier molecular flexibility index (Phi) is 6.14. The van der Waals surface area contributed by atoms with Gasteiger partial charge in [0.05, 0.1) is 0 Å². The molecule has 0 heterocycles. The predicted octanol–water partition coefficient (Wildman–Crippen LogP) is 3.14. The molecule has 0 N–H and O–H groups in total. The van der Waals surface area contributed by atoms with Crippen LogP contribution in [0.5, 0.6) is 0 Å². The van der Waals surface area contributed by atoms with E-state index in [-0.39, 0.29) is 5.12 Å². The van der Waals surface area contributed by atoms with Crippen LogP contribution < -0.4 is 0 Å². The standard InChI is InChI=1S/C13H14OS2/c1-11(14)16-8-3-2-5-12-6-4-7-13(9-12)10-15/h4,6-7,9,15H,3,8,10H2,1H3. The van der Waals surface area contributed by atoms with E-state index in [9.17, 15) is 4.79 Å². The summed E-state index contributed by atoms with van der Waals surface area (Å²) >= 11 is 5.54. The molecule has 16 heavy (non-hydrogen) atoms. The van der Waals surface area contributed by atoms with Crippen molar-refractivity contribution >= 4 is 29.5 Å². The van der Waals surface area contributed by atoms with Crippen LogP contribution in [0.15, 0.2) is 24.3 Å². The summed E-state index contributed by atoms with van der Waals surface area (Å²) in [4.78, 5) is 10.7. The molecule has 1 aromatic carbocycles. The average molecular weight is 250 g/mol. The number of carbonyl (C=O) groups is 1. The maximum absolute atomic E-state index is 10.7. The molecule has 1 nitrogen and oxygen atoms in total. The Morgan fingerprint density at radius 2 is 2.31 bits per heavy atom. The summed E-state index contributed by atoms with van der Waals surface area (Å²) < 4.78 is 0. The lowest BCUT2D eigenvalue weighted by Gasteiger charge is -1.95. The smallest absolute Gasteiger partial charge is 0.185 e. The van der Waals surface area contributed by atoms with Gasteiger partial charge in [-0.05, 0) is 17.7 Å². The zero-order valence-electron chi connectivity index (χ0n) is 9.19. The van der Waals surface area contributed by atoms with E-state index in [4.69, 9.17) is 0 Å². The number of hydrogen-bond donors (Lipinski definition) is 1. The van der Waals surface area contributed by atoms with Crippen molar-refractivity contribution in [3.8, 4) is 11.8 Å². The molecule has 1 rings (SSSR count). The van der Waals surface area contributed by atoms with E-state index < -0.39 is 0 Å². The fraction of sp³-hybridized carbons (Fsp3) is 0.308. The minimum Gasteiger partial charge on any atom is -0.288 e. The van der Waals surface area contributed by atoms with Crippen molar-refractivity contribution in [3.63, 3.8) is 0 Å². The Morgan fingerprint density at radius 3 is 3.00 bits per heavy atom. The number of hydrogen-bond acceptors (Lipinski definition) is 3. The van der Waals surface area contributed by atoms with E-state index in [1.807, 2.05) is 24.3 Å². The molecule has 0 aliphatic carbocycles. The molecule has 84 valence electrons. The molecule has 0 bridgehead atoms. The van der Waals surface area contributed by atoms with Crippen molar-refractivity contribution in [1.29, 1.82) is 0 Å². The molecule has 0 aliphatic rings. The van der Waals surface area contributed by atoms with Crippen molar-refractivity contribution < 1.29 is 4.79 Å². The summed E-state index contributed by atoms with van der Waals surface area (Å²) in [6, 6.07) is 8.04. The van der Waals surface area contributed by atoms with Crippen molar-refractivity contribution in [2.45, 2.75) is 19.1 Å². The zero-order valence-corrected chi connectivity index (χ0v) is 10.9. The molecule has 0 aromatic heterocycles. The highest BCUT2D eigenvalue weighted by molar-refractivity contribution is 8.13. The normalized spacial score (nSPS) is 9.38. The van der Waals surface area contributed by atoms with Crippen molar-refractivity contribution in [3.05, 3.63) is 35.4 Å². The third kappa shape index (κ3) is 5.29. The topological polar surface area (TPSA) is 17.1 Å². The Balaban J connectivity index is 2.46. The first kappa shape index (κ1) is 13.2. The van der Waals surface area contributed by atoms with Crippen LogP contribution in [0.4, 0.5) is 0 Å². The molecular formula is C13H14OS2. The van der Waals surface area contributed by atoms with E-state index in [1.54, 1.807) is 6.92 Å². The second-order valence-electron chi connectivity index (χ2n) is 3.25. The van der Waals surface area contributed by atoms with Crippen LogP contribution >= 0.6 is 24.4 Å². The van der Waals surface area contributed by atoms with Crippen LogP contribution in [0.25, 0.3) is 0 Å². The summed E-state index contributed by atoms with van der Waals surface area (Å²) in [6.07, 6.45) is 0.745. The van der Waals surface area contributed by atoms with Gasteiger partial charge in [-0.25, -0.2) is 0 Å². The van der Waals surface area contributed by atoms with Gasteiger partial charge in [0.25, 0.3) is 0 Å². The first-order valence-electron chi connectivity index (χ1n) is 5.04. The maximum Gasteiger partial charge on any atom is 0.185 e. The number of carbonyl (C=O) groups excluding carboxylic acids is 1. The first-order valence-corrected chi connectivity index (χ1v) is 6.66. The molecule has 3 heteroatoms. The first-order chi connectivity index (χ1) is 7.72. The second-order valence-corrected chi connectivity index (χ2v) is 4.84. The predicted molar refractivity (Wildman–Crippen MR) is 73.8 cm³/mol. The molecular weight excluding hydrogens is 236 g/mol. The van der Waals surface area contributed by atoms with E-state index in [0.717, 1.165) is 23.5 Å². The second kappa shape index (κ2) is 7.43. The molecule has 1 aromatic rings. The van der Waals surface area contributed by atoms with Gasteiger partial charge in [-0.3, -0.25) is 4.79 Å². The third-order valence-electron chi connectivity index (χ3n) is 1.87. The summed E-state index contributed by atoms with van der Waals surface area (Å²) in [5.74, 6) is 7.65. The fourth-order valence-corrected chi connectivity index (χ4v) is 1.85. The molecule has 0 fully saturated rings. The lowest BCUT2D eigenvalue weighted by molar-refractivity contribution is -0.109. The minimum atomic E-state index is 0.152. The monoisotopic (exact) mass is 250 g/mol. The highest BCUT2D eigenvalue weighted by atomic mass is 32.2. The number of thiol groups is 1. The highest BCUT2D eigenvalue weighted by Crippen LogP contribution is 2.07. The number of rotatable bonds is 3. The molecule has 0 unspecified atom stereocenters. The molecule has 0 saturated carbocycles. The summed E-state index contributed by atoms with van der Waals surface area (Å²) in [5, 5.41) is 0.152. The van der Waals surface area contributed by atoms with Crippen LogP contribution in [0.3, 0.4) is 0 Å². The van der Waals surface area contributed by atoms with Gasteiger partial charge in [0, 0.05) is 30.4 Å². The van der Waals surface area contributed by atoms with Crippen LogP contribution in [0.1, 0.15) is 24.5 Å². The van der Waals surface area contributed by atoms with Crippen LogP contribution in [-0.4, -0.2) is 10.9 Å². The molecule has 0 atom stereocenters. The Morgan fingerprint density at radius 1 is 1.50 bits per heavy atom. The zero-order chi connectivity index (χ0) is 11.8.